The zero-order valence-corrected chi connectivity index (χ0v) is 19.5. The van der Waals surface area contributed by atoms with Gasteiger partial charge in [0, 0.05) is 23.1 Å². The highest BCUT2D eigenvalue weighted by Crippen LogP contribution is 2.34. The molecule has 0 N–H and O–H groups in total. The Morgan fingerprint density at radius 1 is 1.19 bits per heavy atom. The van der Waals surface area contributed by atoms with Crippen LogP contribution in [-0.2, 0) is 4.74 Å². The highest BCUT2D eigenvalue weighted by atomic mass is 32.1. The zero-order chi connectivity index (χ0) is 22.5. The lowest BCUT2D eigenvalue weighted by Gasteiger charge is -2.28. The molecule has 7 heteroatoms. The molecule has 0 bridgehead atoms. The molecule has 1 fully saturated rings. The van der Waals surface area contributed by atoms with Crippen LogP contribution in [0.1, 0.15) is 35.2 Å². The smallest absolute Gasteiger partial charge is 0.260 e. The number of benzene rings is 2. The minimum atomic E-state index is -0.128. The zero-order valence-electron chi connectivity index (χ0n) is 18.7. The van der Waals surface area contributed by atoms with Crippen LogP contribution < -0.4 is 14.4 Å². The molecule has 0 aliphatic carbocycles. The maximum absolute atomic E-state index is 13.7. The van der Waals surface area contributed by atoms with E-state index in [1.807, 2.05) is 48.7 Å². The summed E-state index contributed by atoms with van der Waals surface area (Å²) in [5, 5.41) is 2.66. The summed E-state index contributed by atoms with van der Waals surface area (Å²) < 4.78 is 16.9. The van der Waals surface area contributed by atoms with Gasteiger partial charge in [0.05, 0.1) is 32.6 Å². The van der Waals surface area contributed by atoms with Crippen molar-refractivity contribution >= 4 is 22.4 Å². The number of ether oxygens (including phenoxy) is 3. The average molecular weight is 453 g/mol. The molecule has 32 heavy (non-hydrogen) atoms. The van der Waals surface area contributed by atoms with Gasteiger partial charge in [0.15, 0.2) is 16.6 Å². The summed E-state index contributed by atoms with van der Waals surface area (Å²) in [7, 11) is 3.17. The molecular formula is C25H28N2O4S. The van der Waals surface area contributed by atoms with Crippen LogP contribution >= 0.6 is 11.3 Å². The maximum atomic E-state index is 13.7. The molecule has 1 saturated heterocycles. The van der Waals surface area contributed by atoms with Crippen molar-refractivity contribution in [2.45, 2.75) is 32.3 Å². The number of rotatable bonds is 7. The van der Waals surface area contributed by atoms with Crippen LogP contribution in [0.15, 0.2) is 47.8 Å². The van der Waals surface area contributed by atoms with Crippen molar-refractivity contribution in [1.29, 1.82) is 0 Å². The molecule has 1 aliphatic rings. The topological polar surface area (TPSA) is 60.9 Å². The normalized spacial score (nSPS) is 15.9. The van der Waals surface area contributed by atoms with Crippen molar-refractivity contribution in [3.63, 3.8) is 0 Å². The minimum Gasteiger partial charge on any atom is -0.493 e. The number of anilines is 1. The van der Waals surface area contributed by atoms with E-state index in [1.165, 1.54) is 11.3 Å². The summed E-state index contributed by atoms with van der Waals surface area (Å²) in [6, 6.07) is 13.6. The number of carbonyl (C=O) groups is 1. The third-order valence-corrected chi connectivity index (χ3v) is 6.47. The first-order valence-corrected chi connectivity index (χ1v) is 11.7. The van der Waals surface area contributed by atoms with Crippen molar-refractivity contribution in [3.8, 4) is 22.8 Å². The monoisotopic (exact) mass is 452 g/mol. The number of carbonyl (C=O) groups excluding carboxylic acids is 1. The molecular weight excluding hydrogens is 424 g/mol. The SMILES string of the molecule is COc1cc(C(=O)N(CC2CCCCO2)c2nc(-c3ccccc3)cs2)cc(C)c1OC. The van der Waals surface area contributed by atoms with Crippen molar-refractivity contribution in [1.82, 2.24) is 4.98 Å². The molecule has 168 valence electrons. The number of thiazole rings is 1. The van der Waals surface area contributed by atoms with E-state index < -0.39 is 0 Å². The highest BCUT2D eigenvalue weighted by Gasteiger charge is 2.27. The van der Waals surface area contributed by atoms with Gasteiger partial charge in [0.2, 0.25) is 0 Å². The number of methoxy groups -OCH3 is 2. The number of aryl methyl sites for hydroxylation is 1. The van der Waals surface area contributed by atoms with E-state index in [2.05, 4.69) is 0 Å². The fourth-order valence-electron chi connectivity index (χ4n) is 3.97. The van der Waals surface area contributed by atoms with E-state index in [0.29, 0.717) is 28.7 Å². The van der Waals surface area contributed by atoms with E-state index in [4.69, 9.17) is 19.2 Å². The summed E-state index contributed by atoms with van der Waals surface area (Å²) in [4.78, 5) is 20.3. The quantitative estimate of drug-likeness (QED) is 0.483. The number of hydrogen-bond donors (Lipinski definition) is 0. The Kier molecular flexibility index (Phi) is 7.07. The lowest BCUT2D eigenvalue weighted by Crippen LogP contribution is -2.40. The van der Waals surface area contributed by atoms with Gasteiger partial charge in [-0.25, -0.2) is 4.98 Å². The highest BCUT2D eigenvalue weighted by molar-refractivity contribution is 7.14. The molecule has 0 spiro atoms. The lowest BCUT2D eigenvalue weighted by atomic mass is 10.1. The molecule has 2 aromatic carbocycles. The van der Waals surface area contributed by atoms with Crippen molar-refractivity contribution in [2.75, 3.05) is 32.3 Å². The van der Waals surface area contributed by atoms with Crippen molar-refractivity contribution < 1.29 is 19.0 Å². The Morgan fingerprint density at radius 3 is 2.69 bits per heavy atom. The maximum Gasteiger partial charge on any atom is 0.260 e. The first-order valence-electron chi connectivity index (χ1n) is 10.8. The van der Waals surface area contributed by atoms with Crippen LogP contribution in [0.3, 0.4) is 0 Å². The summed E-state index contributed by atoms with van der Waals surface area (Å²) in [6.45, 7) is 3.10. The van der Waals surface area contributed by atoms with E-state index >= 15 is 0 Å². The van der Waals surface area contributed by atoms with E-state index in [1.54, 1.807) is 25.2 Å². The molecule has 1 amide bonds. The summed E-state index contributed by atoms with van der Waals surface area (Å²) in [5.74, 6) is 1.04. The number of aromatic nitrogens is 1. The van der Waals surface area contributed by atoms with Crippen LogP contribution in [0.5, 0.6) is 11.5 Å². The van der Waals surface area contributed by atoms with Gasteiger partial charge in [-0.3, -0.25) is 9.69 Å². The van der Waals surface area contributed by atoms with Gasteiger partial charge in [0.1, 0.15) is 0 Å². The number of nitrogens with zero attached hydrogens (tertiary/aromatic N) is 2. The second kappa shape index (κ2) is 10.1. The van der Waals surface area contributed by atoms with Crippen LogP contribution in [-0.4, -0.2) is 44.4 Å². The predicted molar refractivity (Wildman–Crippen MR) is 127 cm³/mol. The Morgan fingerprint density at radius 2 is 2.00 bits per heavy atom. The van der Waals surface area contributed by atoms with Crippen LogP contribution in [0.2, 0.25) is 0 Å². The van der Waals surface area contributed by atoms with E-state index in [0.717, 1.165) is 42.7 Å². The third kappa shape index (κ3) is 4.79. The van der Waals surface area contributed by atoms with Crippen LogP contribution in [0.25, 0.3) is 11.3 Å². The molecule has 2 heterocycles. The van der Waals surface area contributed by atoms with Gasteiger partial charge >= 0.3 is 0 Å². The lowest BCUT2D eigenvalue weighted by molar-refractivity contribution is 0.0207. The first kappa shape index (κ1) is 22.3. The van der Waals surface area contributed by atoms with Crippen molar-refractivity contribution in [2.24, 2.45) is 0 Å². The van der Waals surface area contributed by atoms with Crippen molar-refractivity contribution in [3.05, 3.63) is 59.0 Å². The van der Waals surface area contributed by atoms with Gasteiger partial charge in [-0.15, -0.1) is 11.3 Å². The Balaban J connectivity index is 1.69. The first-order chi connectivity index (χ1) is 15.6. The van der Waals surface area contributed by atoms with E-state index in [9.17, 15) is 4.79 Å². The summed E-state index contributed by atoms with van der Waals surface area (Å²) >= 11 is 1.47. The Hall–Kier alpha value is -2.90. The molecule has 0 radical (unpaired) electrons. The average Bonchev–Trinajstić information content (AvgIpc) is 3.33. The molecule has 6 nitrogen and oxygen atoms in total. The molecule has 1 aromatic heterocycles. The van der Waals surface area contributed by atoms with E-state index in [-0.39, 0.29) is 12.0 Å². The van der Waals surface area contributed by atoms with Crippen LogP contribution in [0.4, 0.5) is 5.13 Å². The fourth-order valence-corrected chi connectivity index (χ4v) is 4.81. The molecule has 0 saturated carbocycles. The van der Waals surface area contributed by atoms with Gasteiger partial charge in [-0.05, 0) is 43.9 Å². The van der Waals surface area contributed by atoms with Gasteiger partial charge in [0.25, 0.3) is 5.91 Å². The molecule has 1 aliphatic heterocycles. The number of hydrogen-bond acceptors (Lipinski definition) is 6. The Bertz CT molecular complexity index is 1060. The molecule has 4 rings (SSSR count). The van der Waals surface area contributed by atoms with Crippen LogP contribution in [0, 0.1) is 6.92 Å². The second-order valence-corrected chi connectivity index (χ2v) is 8.65. The second-order valence-electron chi connectivity index (χ2n) is 7.81. The summed E-state index contributed by atoms with van der Waals surface area (Å²) in [5.41, 5.74) is 3.26. The third-order valence-electron chi connectivity index (χ3n) is 5.61. The largest absolute Gasteiger partial charge is 0.493 e. The number of amides is 1. The Labute approximate surface area is 192 Å². The van der Waals surface area contributed by atoms with Gasteiger partial charge in [-0.1, -0.05) is 30.3 Å². The minimum absolute atomic E-state index is 0.00184. The standard InChI is InChI=1S/C25H28N2O4S/c1-17-13-19(14-22(29-2)23(17)30-3)24(28)27(15-20-11-7-8-12-31-20)25-26-21(16-32-25)18-9-5-4-6-10-18/h4-6,9-10,13-14,16,20H,7-8,11-12,15H2,1-3H3. The summed E-state index contributed by atoms with van der Waals surface area (Å²) in [6.07, 6.45) is 3.10. The van der Waals surface area contributed by atoms with Gasteiger partial charge in [-0.2, -0.15) is 0 Å². The molecule has 1 unspecified atom stereocenters. The fraction of sp³-hybridized carbons (Fsp3) is 0.360. The molecule has 3 aromatic rings. The van der Waals surface area contributed by atoms with Gasteiger partial charge < -0.3 is 14.2 Å². The predicted octanol–water partition coefficient (Wildman–Crippen LogP) is 5.35. The molecule has 1 atom stereocenters.